The first-order valence-electron chi connectivity index (χ1n) is 12.8. The van der Waals surface area contributed by atoms with E-state index in [1.54, 1.807) is 4.90 Å². The largest absolute Gasteiger partial charge is 0.356 e. The predicted molar refractivity (Wildman–Crippen MR) is 142 cm³/mol. The topological polar surface area (TPSA) is 56.4 Å². The normalized spacial score (nSPS) is 19.7. The van der Waals surface area contributed by atoms with E-state index in [0.29, 0.717) is 18.9 Å². The number of aromatic amines is 1. The number of H-pyrrole nitrogens is 1. The molecular formula is C31H31N3O2. The van der Waals surface area contributed by atoms with Crippen LogP contribution in [-0.4, -0.2) is 39.2 Å². The zero-order chi connectivity index (χ0) is 25.0. The SMILES string of the molecule is Cc1ccc(CN2CC(=O)N3[C@H](c4ccc(C(C)C)cc4)c4[nH]c5ccccc5c4C[C@@H]3C2=O)cc1. The molecule has 182 valence electrons. The summed E-state index contributed by atoms with van der Waals surface area (Å²) >= 11 is 0. The van der Waals surface area contributed by atoms with Crippen LogP contribution in [0.3, 0.4) is 0 Å². The summed E-state index contributed by atoms with van der Waals surface area (Å²) in [6, 6.07) is 24.1. The molecule has 1 aromatic heterocycles. The average molecular weight is 478 g/mol. The molecule has 0 radical (unpaired) electrons. The lowest BCUT2D eigenvalue weighted by atomic mass is 9.85. The standard InChI is InChI=1S/C31H31N3O2/c1-19(2)22-12-14-23(15-13-22)30-29-25(24-6-4-5-7-26(24)32-29)16-27-31(36)33(18-28(35)34(27)30)17-21-10-8-20(3)9-11-21/h4-15,19,27,30,32H,16-18H2,1-3H3/t27-,30-/m1/s1. The number of fused-ring (bicyclic) bond motifs is 4. The second kappa shape index (κ2) is 8.66. The molecule has 0 saturated carbocycles. The van der Waals surface area contributed by atoms with Gasteiger partial charge in [0.1, 0.15) is 12.6 Å². The molecule has 5 nitrogen and oxygen atoms in total. The van der Waals surface area contributed by atoms with Crippen molar-refractivity contribution in [3.63, 3.8) is 0 Å². The van der Waals surface area contributed by atoms with Gasteiger partial charge in [0.25, 0.3) is 0 Å². The van der Waals surface area contributed by atoms with E-state index in [9.17, 15) is 9.59 Å². The number of carbonyl (C=O) groups is 2. The Labute approximate surface area is 211 Å². The zero-order valence-corrected chi connectivity index (χ0v) is 21.0. The highest BCUT2D eigenvalue weighted by Gasteiger charge is 2.48. The van der Waals surface area contributed by atoms with Crippen LogP contribution in [0.2, 0.25) is 0 Å². The van der Waals surface area contributed by atoms with Gasteiger partial charge in [-0.15, -0.1) is 0 Å². The number of hydrogen-bond donors (Lipinski definition) is 1. The van der Waals surface area contributed by atoms with Crippen molar-refractivity contribution in [2.75, 3.05) is 6.54 Å². The molecule has 5 heteroatoms. The van der Waals surface area contributed by atoms with Gasteiger partial charge in [0.2, 0.25) is 11.8 Å². The molecule has 2 amide bonds. The molecule has 0 unspecified atom stereocenters. The van der Waals surface area contributed by atoms with Gasteiger partial charge >= 0.3 is 0 Å². The van der Waals surface area contributed by atoms with Crippen molar-refractivity contribution >= 4 is 22.7 Å². The van der Waals surface area contributed by atoms with Gasteiger partial charge in [0.05, 0.1) is 6.04 Å². The second-order valence-corrected chi connectivity index (χ2v) is 10.5. The van der Waals surface area contributed by atoms with E-state index >= 15 is 0 Å². The molecule has 2 aliphatic rings. The number of benzene rings is 3. The van der Waals surface area contributed by atoms with Crippen molar-refractivity contribution in [3.05, 3.63) is 106 Å². The van der Waals surface area contributed by atoms with Crippen LogP contribution in [-0.2, 0) is 22.6 Å². The fourth-order valence-electron chi connectivity index (χ4n) is 5.78. The second-order valence-electron chi connectivity index (χ2n) is 10.5. The lowest BCUT2D eigenvalue weighted by molar-refractivity contribution is -0.159. The van der Waals surface area contributed by atoms with Gasteiger partial charge in [-0.1, -0.05) is 86.1 Å². The van der Waals surface area contributed by atoms with Gasteiger partial charge in [-0.05, 0) is 41.2 Å². The number of para-hydroxylation sites is 1. The molecule has 3 aromatic carbocycles. The molecule has 3 heterocycles. The van der Waals surface area contributed by atoms with Gasteiger partial charge in [-0.25, -0.2) is 0 Å². The Hall–Kier alpha value is -3.86. The van der Waals surface area contributed by atoms with Gasteiger partial charge in [0, 0.05) is 29.6 Å². The minimum absolute atomic E-state index is 0.00560. The van der Waals surface area contributed by atoms with Crippen molar-refractivity contribution in [2.45, 2.75) is 51.7 Å². The van der Waals surface area contributed by atoms with Gasteiger partial charge in [-0.3, -0.25) is 9.59 Å². The summed E-state index contributed by atoms with van der Waals surface area (Å²) in [5, 5.41) is 1.13. The number of rotatable bonds is 4. The first kappa shape index (κ1) is 22.6. The van der Waals surface area contributed by atoms with E-state index in [0.717, 1.165) is 33.3 Å². The number of aryl methyl sites for hydroxylation is 1. The molecule has 0 spiro atoms. The summed E-state index contributed by atoms with van der Waals surface area (Å²) in [5.41, 5.74) is 7.72. The third-order valence-electron chi connectivity index (χ3n) is 7.76. The number of aromatic nitrogens is 1. The zero-order valence-electron chi connectivity index (χ0n) is 21.0. The summed E-state index contributed by atoms with van der Waals surface area (Å²) in [5.74, 6) is 0.444. The monoisotopic (exact) mass is 477 g/mol. The Bertz CT molecular complexity index is 1450. The maximum Gasteiger partial charge on any atom is 0.246 e. The lowest BCUT2D eigenvalue weighted by Gasteiger charge is -2.47. The maximum absolute atomic E-state index is 13.9. The quantitative estimate of drug-likeness (QED) is 0.423. The molecule has 0 aliphatic carbocycles. The predicted octanol–water partition coefficient (Wildman–Crippen LogP) is 5.48. The van der Waals surface area contributed by atoms with Crippen molar-refractivity contribution in [1.82, 2.24) is 14.8 Å². The van der Waals surface area contributed by atoms with E-state index in [4.69, 9.17) is 0 Å². The molecule has 2 aliphatic heterocycles. The highest BCUT2D eigenvalue weighted by molar-refractivity contribution is 5.97. The molecule has 36 heavy (non-hydrogen) atoms. The third kappa shape index (κ3) is 3.70. The van der Waals surface area contributed by atoms with E-state index in [1.807, 2.05) is 48.2 Å². The molecule has 6 rings (SSSR count). The number of amides is 2. The minimum atomic E-state index is -0.516. The first-order chi connectivity index (χ1) is 17.4. The van der Waals surface area contributed by atoms with Crippen molar-refractivity contribution in [1.29, 1.82) is 0 Å². The summed E-state index contributed by atoms with van der Waals surface area (Å²) in [6.07, 6.45) is 0.523. The van der Waals surface area contributed by atoms with Crippen LogP contribution in [0.4, 0.5) is 0 Å². The summed E-state index contributed by atoms with van der Waals surface area (Å²) < 4.78 is 0. The van der Waals surface area contributed by atoms with Crippen molar-refractivity contribution < 1.29 is 9.59 Å². The average Bonchev–Trinajstić information content (AvgIpc) is 3.25. The minimum Gasteiger partial charge on any atom is -0.356 e. The summed E-state index contributed by atoms with van der Waals surface area (Å²) in [4.78, 5) is 34.8. The Morgan fingerprint density at radius 3 is 2.39 bits per heavy atom. The van der Waals surface area contributed by atoms with E-state index in [2.05, 4.69) is 55.2 Å². The van der Waals surface area contributed by atoms with E-state index in [1.165, 1.54) is 11.1 Å². The molecule has 1 N–H and O–H groups in total. The van der Waals surface area contributed by atoms with E-state index in [-0.39, 0.29) is 24.4 Å². The van der Waals surface area contributed by atoms with Crippen LogP contribution < -0.4 is 0 Å². The first-order valence-corrected chi connectivity index (χ1v) is 12.8. The van der Waals surface area contributed by atoms with E-state index < -0.39 is 6.04 Å². The Balaban J connectivity index is 1.43. The van der Waals surface area contributed by atoms with Crippen molar-refractivity contribution in [3.8, 4) is 0 Å². The number of hydrogen-bond acceptors (Lipinski definition) is 2. The fourth-order valence-corrected chi connectivity index (χ4v) is 5.78. The number of nitrogens with one attached hydrogen (secondary N) is 1. The third-order valence-corrected chi connectivity index (χ3v) is 7.76. The van der Waals surface area contributed by atoms with Crippen molar-refractivity contribution in [2.24, 2.45) is 0 Å². The Kier molecular flexibility index (Phi) is 5.44. The molecule has 2 atom stereocenters. The summed E-state index contributed by atoms with van der Waals surface area (Å²) in [7, 11) is 0. The highest BCUT2D eigenvalue weighted by atomic mass is 16.2. The van der Waals surface area contributed by atoms with Gasteiger partial charge < -0.3 is 14.8 Å². The van der Waals surface area contributed by atoms with Gasteiger partial charge in [0.15, 0.2) is 0 Å². The maximum atomic E-state index is 13.9. The molecule has 0 bridgehead atoms. The molecule has 1 fully saturated rings. The lowest BCUT2D eigenvalue weighted by Crippen LogP contribution is -2.62. The number of nitrogens with zero attached hydrogens (tertiary/aromatic N) is 2. The van der Waals surface area contributed by atoms with Crippen LogP contribution in [0.25, 0.3) is 10.9 Å². The fraction of sp³-hybridized carbons (Fsp3) is 0.290. The highest BCUT2D eigenvalue weighted by Crippen LogP contribution is 2.42. The van der Waals surface area contributed by atoms with Crippen LogP contribution in [0.1, 0.15) is 59.3 Å². The van der Waals surface area contributed by atoms with Crippen LogP contribution in [0.15, 0.2) is 72.8 Å². The van der Waals surface area contributed by atoms with Crippen LogP contribution in [0, 0.1) is 6.92 Å². The van der Waals surface area contributed by atoms with Crippen LogP contribution >= 0.6 is 0 Å². The Morgan fingerprint density at radius 1 is 0.944 bits per heavy atom. The summed E-state index contributed by atoms with van der Waals surface area (Å²) in [6.45, 7) is 6.95. The molecular weight excluding hydrogens is 446 g/mol. The Morgan fingerprint density at radius 2 is 1.67 bits per heavy atom. The van der Waals surface area contributed by atoms with Gasteiger partial charge in [-0.2, -0.15) is 0 Å². The number of carbonyl (C=O) groups excluding carboxylic acids is 2. The molecule has 4 aromatic rings. The number of piperazine rings is 1. The van der Waals surface area contributed by atoms with Crippen LogP contribution in [0.5, 0.6) is 0 Å². The molecule has 1 saturated heterocycles. The smallest absolute Gasteiger partial charge is 0.246 e.